The largest absolute Gasteiger partial charge is 0.462 e. The molecule has 0 fully saturated rings. The van der Waals surface area contributed by atoms with Crippen molar-refractivity contribution in [2.45, 2.75) is 19.9 Å². The van der Waals surface area contributed by atoms with Crippen LogP contribution >= 0.6 is 0 Å². The monoisotopic (exact) mass is 295 g/mol. The molecular formula is C17H17N3O2. The Balaban J connectivity index is 1.79. The molecule has 5 heteroatoms. The van der Waals surface area contributed by atoms with Crippen LogP contribution in [0.1, 0.15) is 22.8 Å². The van der Waals surface area contributed by atoms with Gasteiger partial charge in [-0.1, -0.05) is 35.5 Å². The molecule has 0 radical (unpaired) electrons. The molecular weight excluding hydrogens is 278 g/mol. The number of fused-ring (bicyclic) bond motifs is 1. The average molecular weight is 295 g/mol. The predicted molar refractivity (Wildman–Crippen MR) is 83.6 cm³/mol. The Kier molecular flexibility index (Phi) is 4.14. The van der Waals surface area contributed by atoms with Gasteiger partial charge in [-0.2, -0.15) is 0 Å². The van der Waals surface area contributed by atoms with Crippen molar-refractivity contribution >= 4 is 17.0 Å². The van der Waals surface area contributed by atoms with Crippen molar-refractivity contribution in [1.29, 1.82) is 0 Å². The van der Waals surface area contributed by atoms with Gasteiger partial charge in [-0.25, -0.2) is 9.48 Å². The maximum atomic E-state index is 11.7. The molecule has 0 unspecified atom stereocenters. The first-order chi connectivity index (χ1) is 10.8. The first kappa shape index (κ1) is 14.3. The third-order valence-electron chi connectivity index (χ3n) is 3.48. The van der Waals surface area contributed by atoms with Gasteiger partial charge in [-0.05, 0) is 37.1 Å². The van der Waals surface area contributed by atoms with Crippen molar-refractivity contribution in [2.24, 2.45) is 0 Å². The van der Waals surface area contributed by atoms with E-state index in [9.17, 15) is 4.79 Å². The first-order valence-electron chi connectivity index (χ1n) is 7.32. The minimum atomic E-state index is -0.330. The summed E-state index contributed by atoms with van der Waals surface area (Å²) in [6.07, 6.45) is 0.888. The van der Waals surface area contributed by atoms with Crippen molar-refractivity contribution in [3.63, 3.8) is 0 Å². The Hall–Kier alpha value is -2.69. The van der Waals surface area contributed by atoms with E-state index < -0.39 is 0 Å². The number of carbonyl (C=O) groups is 1. The molecule has 22 heavy (non-hydrogen) atoms. The third kappa shape index (κ3) is 2.98. The summed E-state index contributed by atoms with van der Waals surface area (Å²) in [5, 5.41) is 8.31. The zero-order chi connectivity index (χ0) is 15.4. The smallest absolute Gasteiger partial charge is 0.338 e. The minimum absolute atomic E-state index is 0.330. The number of esters is 1. The summed E-state index contributed by atoms with van der Waals surface area (Å²) in [7, 11) is 0. The molecule has 0 saturated heterocycles. The number of benzene rings is 2. The highest BCUT2D eigenvalue weighted by Gasteiger charge is 2.10. The lowest BCUT2D eigenvalue weighted by atomic mass is 10.1. The van der Waals surface area contributed by atoms with E-state index in [1.54, 1.807) is 19.1 Å². The Labute approximate surface area is 128 Å². The van der Waals surface area contributed by atoms with E-state index in [4.69, 9.17) is 4.74 Å². The Morgan fingerprint density at radius 2 is 2.00 bits per heavy atom. The quantitative estimate of drug-likeness (QED) is 0.679. The second-order valence-electron chi connectivity index (χ2n) is 4.97. The summed E-state index contributed by atoms with van der Waals surface area (Å²) < 4.78 is 6.85. The van der Waals surface area contributed by atoms with Gasteiger partial charge in [0.05, 0.1) is 17.7 Å². The second kappa shape index (κ2) is 6.39. The van der Waals surface area contributed by atoms with E-state index in [1.807, 2.05) is 28.9 Å². The van der Waals surface area contributed by atoms with Crippen molar-refractivity contribution in [1.82, 2.24) is 15.0 Å². The standard InChI is InChI=1S/C17H17N3O2/c1-2-22-17(21)14-8-9-16-15(12-14)18-19-20(16)11-10-13-6-4-3-5-7-13/h3-9,12H,2,10-11H2,1H3. The van der Waals surface area contributed by atoms with Crippen LogP contribution in [0.25, 0.3) is 11.0 Å². The molecule has 5 nitrogen and oxygen atoms in total. The molecule has 0 N–H and O–H groups in total. The fraction of sp³-hybridized carbons (Fsp3) is 0.235. The van der Waals surface area contributed by atoms with Gasteiger partial charge in [0.25, 0.3) is 0 Å². The highest BCUT2D eigenvalue weighted by atomic mass is 16.5. The van der Waals surface area contributed by atoms with Gasteiger partial charge >= 0.3 is 5.97 Å². The molecule has 0 atom stereocenters. The first-order valence-corrected chi connectivity index (χ1v) is 7.32. The van der Waals surface area contributed by atoms with Crippen LogP contribution in [0.5, 0.6) is 0 Å². The molecule has 0 aliphatic rings. The highest BCUT2D eigenvalue weighted by Crippen LogP contribution is 2.15. The van der Waals surface area contributed by atoms with Crippen LogP contribution in [0.15, 0.2) is 48.5 Å². The summed E-state index contributed by atoms with van der Waals surface area (Å²) in [5.41, 5.74) is 3.39. The fourth-order valence-corrected chi connectivity index (χ4v) is 2.36. The van der Waals surface area contributed by atoms with E-state index in [0.717, 1.165) is 18.5 Å². The number of nitrogens with zero attached hydrogens (tertiary/aromatic N) is 3. The van der Waals surface area contributed by atoms with E-state index in [1.165, 1.54) is 5.56 Å². The van der Waals surface area contributed by atoms with Crippen LogP contribution in [0.4, 0.5) is 0 Å². The zero-order valence-electron chi connectivity index (χ0n) is 12.4. The van der Waals surface area contributed by atoms with Crippen LogP contribution in [-0.4, -0.2) is 27.6 Å². The summed E-state index contributed by atoms with van der Waals surface area (Å²) >= 11 is 0. The normalized spacial score (nSPS) is 10.8. The van der Waals surface area contributed by atoms with Crippen molar-refractivity contribution in [2.75, 3.05) is 6.61 Å². The summed E-state index contributed by atoms with van der Waals surface area (Å²) in [6, 6.07) is 15.6. The number of hydrogen-bond donors (Lipinski definition) is 0. The molecule has 0 aliphatic heterocycles. The molecule has 2 aromatic carbocycles. The summed E-state index contributed by atoms with van der Waals surface area (Å²) in [5.74, 6) is -0.330. The zero-order valence-corrected chi connectivity index (χ0v) is 12.4. The maximum absolute atomic E-state index is 11.7. The van der Waals surface area contributed by atoms with Crippen LogP contribution < -0.4 is 0 Å². The number of carbonyl (C=O) groups excluding carboxylic acids is 1. The Morgan fingerprint density at radius 3 is 2.77 bits per heavy atom. The Morgan fingerprint density at radius 1 is 1.18 bits per heavy atom. The van der Waals surface area contributed by atoms with Gasteiger partial charge in [0.2, 0.25) is 0 Å². The third-order valence-corrected chi connectivity index (χ3v) is 3.48. The van der Waals surface area contributed by atoms with Crippen molar-refractivity contribution < 1.29 is 9.53 Å². The van der Waals surface area contributed by atoms with Gasteiger partial charge in [-0.3, -0.25) is 0 Å². The highest BCUT2D eigenvalue weighted by molar-refractivity contribution is 5.93. The van der Waals surface area contributed by atoms with Crippen LogP contribution in [0.3, 0.4) is 0 Å². The van der Waals surface area contributed by atoms with Crippen molar-refractivity contribution in [3.05, 3.63) is 59.7 Å². The van der Waals surface area contributed by atoms with E-state index in [-0.39, 0.29) is 5.97 Å². The van der Waals surface area contributed by atoms with E-state index in [2.05, 4.69) is 22.4 Å². The predicted octanol–water partition coefficient (Wildman–Crippen LogP) is 2.85. The number of ether oxygens (including phenoxy) is 1. The average Bonchev–Trinajstić information content (AvgIpc) is 2.96. The van der Waals surface area contributed by atoms with Crippen LogP contribution in [0.2, 0.25) is 0 Å². The van der Waals surface area contributed by atoms with Crippen molar-refractivity contribution in [3.8, 4) is 0 Å². The molecule has 3 rings (SSSR count). The molecule has 0 saturated carbocycles. The number of aromatic nitrogens is 3. The number of hydrogen-bond acceptors (Lipinski definition) is 4. The lowest BCUT2D eigenvalue weighted by Crippen LogP contribution is -2.05. The van der Waals surface area contributed by atoms with Crippen LogP contribution in [-0.2, 0) is 17.7 Å². The Bertz CT molecular complexity index is 781. The van der Waals surface area contributed by atoms with Gasteiger partial charge in [0.1, 0.15) is 5.52 Å². The molecule has 1 heterocycles. The fourth-order valence-electron chi connectivity index (χ4n) is 2.36. The summed E-state index contributed by atoms with van der Waals surface area (Å²) in [6.45, 7) is 2.90. The van der Waals surface area contributed by atoms with Gasteiger partial charge in [0.15, 0.2) is 0 Å². The number of aryl methyl sites for hydroxylation is 2. The summed E-state index contributed by atoms with van der Waals surface area (Å²) in [4.78, 5) is 11.7. The maximum Gasteiger partial charge on any atom is 0.338 e. The molecule has 0 spiro atoms. The number of rotatable bonds is 5. The van der Waals surface area contributed by atoms with Gasteiger partial charge in [-0.15, -0.1) is 5.10 Å². The molecule has 0 amide bonds. The topological polar surface area (TPSA) is 57.0 Å². The van der Waals surface area contributed by atoms with E-state index >= 15 is 0 Å². The lowest BCUT2D eigenvalue weighted by Gasteiger charge is -2.04. The van der Waals surface area contributed by atoms with Gasteiger partial charge < -0.3 is 4.74 Å². The minimum Gasteiger partial charge on any atom is -0.462 e. The van der Waals surface area contributed by atoms with E-state index in [0.29, 0.717) is 17.7 Å². The van der Waals surface area contributed by atoms with Crippen LogP contribution in [0, 0.1) is 0 Å². The molecule has 112 valence electrons. The molecule has 1 aromatic heterocycles. The second-order valence-corrected chi connectivity index (χ2v) is 4.97. The lowest BCUT2D eigenvalue weighted by molar-refractivity contribution is 0.0526. The molecule has 3 aromatic rings. The molecule has 0 bridgehead atoms. The molecule has 0 aliphatic carbocycles. The SMILES string of the molecule is CCOC(=O)c1ccc2c(c1)nnn2CCc1ccccc1. The van der Waals surface area contributed by atoms with Gasteiger partial charge in [0, 0.05) is 6.54 Å².